The molecule has 1 atom stereocenters. The van der Waals surface area contributed by atoms with Crippen LogP contribution in [0.2, 0.25) is 0 Å². The van der Waals surface area contributed by atoms with E-state index in [1.54, 1.807) is 5.38 Å². The summed E-state index contributed by atoms with van der Waals surface area (Å²) in [5.41, 5.74) is 2.77. The average Bonchev–Trinajstić information content (AvgIpc) is 2.95. The summed E-state index contributed by atoms with van der Waals surface area (Å²) in [6, 6.07) is 8.11. The fourth-order valence-corrected chi connectivity index (χ4v) is 3.46. The van der Waals surface area contributed by atoms with E-state index in [9.17, 15) is 9.59 Å². The molecular formula is C16H16N2O2S. The number of rotatable bonds is 3. The summed E-state index contributed by atoms with van der Waals surface area (Å²) in [4.78, 5) is 27.9. The lowest BCUT2D eigenvalue weighted by molar-refractivity contribution is -0.117. The molecule has 1 amide bonds. The lowest BCUT2D eigenvalue weighted by atomic mass is 9.82. The van der Waals surface area contributed by atoms with Crippen LogP contribution in [0.15, 0.2) is 29.6 Å². The van der Waals surface area contributed by atoms with Crippen LogP contribution in [0.25, 0.3) is 0 Å². The van der Waals surface area contributed by atoms with Crippen molar-refractivity contribution in [1.82, 2.24) is 4.98 Å². The smallest absolute Gasteiger partial charge is 0.233 e. The van der Waals surface area contributed by atoms with E-state index in [4.69, 9.17) is 0 Å². The topological polar surface area (TPSA) is 59.1 Å². The molecular weight excluding hydrogens is 284 g/mol. The SMILES string of the molecule is CC(=O)c1csc(NC(=O)C2CCCc3ccccc32)n1. The van der Waals surface area contributed by atoms with Gasteiger partial charge in [0.2, 0.25) is 5.91 Å². The van der Waals surface area contributed by atoms with Crippen LogP contribution in [0, 0.1) is 0 Å². The number of hydrogen-bond donors (Lipinski definition) is 1. The highest BCUT2D eigenvalue weighted by atomic mass is 32.1. The van der Waals surface area contributed by atoms with Gasteiger partial charge in [-0.15, -0.1) is 11.3 Å². The molecule has 108 valence electrons. The molecule has 0 radical (unpaired) electrons. The number of Topliss-reactive ketones (excluding diaryl/α,β-unsaturated/α-hetero) is 1. The number of anilines is 1. The Kier molecular flexibility index (Phi) is 3.84. The standard InChI is InChI=1S/C16H16N2O2S/c1-10(19)14-9-21-16(17-14)18-15(20)13-8-4-6-11-5-2-3-7-12(11)13/h2-3,5,7,9,13H,4,6,8H2,1H3,(H,17,18,20). The highest BCUT2D eigenvalue weighted by Crippen LogP contribution is 2.32. The van der Waals surface area contributed by atoms with Crippen LogP contribution in [-0.2, 0) is 11.2 Å². The van der Waals surface area contributed by atoms with Gasteiger partial charge in [0, 0.05) is 12.3 Å². The van der Waals surface area contributed by atoms with Gasteiger partial charge in [-0.3, -0.25) is 9.59 Å². The second kappa shape index (κ2) is 5.77. The Morgan fingerprint density at radius 1 is 1.33 bits per heavy atom. The van der Waals surface area contributed by atoms with Gasteiger partial charge in [0.25, 0.3) is 0 Å². The van der Waals surface area contributed by atoms with Gasteiger partial charge in [-0.1, -0.05) is 24.3 Å². The van der Waals surface area contributed by atoms with E-state index in [1.807, 2.05) is 18.2 Å². The summed E-state index contributed by atoms with van der Waals surface area (Å²) in [6.07, 6.45) is 2.91. The van der Waals surface area contributed by atoms with E-state index in [-0.39, 0.29) is 17.6 Å². The third-order valence-corrected chi connectivity index (χ3v) is 4.54. The molecule has 4 nitrogen and oxygen atoms in total. The summed E-state index contributed by atoms with van der Waals surface area (Å²) in [5.74, 6) is -0.249. The zero-order valence-electron chi connectivity index (χ0n) is 11.8. The van der Waals surface area contributed by atoms with Crippen molar-refractivity contribution in [3.8, 4) is 0 Å². The third kappa shape index (κ3) is 2.88. The van der Waals surface area contributed by atoms with Gasteiger partial charge < -0.3 is 5.32 Å². The molecule has 1 aliphatic rings. The number of nitrogens with zero attached hydrogens (tertiary/aromatic N) is 1. The molecule has 0 saturated carbocycles. The van der Waals surface area contributed by atoms with Crippen LogP contribution in [0.5, 0.6) is 0 Å². The van der Waals surface area contributed by atoms with Crippen LogP contribution in [0.3, 0.4) is 0 Å². The maximum absolute atomic E-state index is 12.5. The lowest BCUT2D eigenvalue weighted by Gasteiger charge is -2.24. The molecule has 0 spiro atoms. The Labute approximate surface area is 127 Å². The number of nitrogens with one attached hydrogen (secondary N) is 1. The first-order valence-corrected chi connectivity index (χ1v) is 7.88. The van der Waals surface area contributed by atoms with Crippen LogP contribution >= 0.6 is 11.3 Å². The van der Waals surface area contributed by atoms with Gasteiger partial charge in [0.05, 0.1) is 5.92 Å². The average molecular weight is 300 g/mol. The first-order valence-electron chi connectivity index (χ1n) is 7.00. The summed E-state index contributed by atoms with van der Waals surface area (Å²) in [5, 5.41) is 5.01. The predicted octanol–water partition coefficient (Wildman–Crippen LogP) is 3.40. The van der Waals surface area contributed by atoms with Gasteiger partial charge >= 0.3 is 0 Å². The molecule has 1 heterocycles. The molecule has 1 aromatic carbocycles. The van der Waals surface area contributed by atoms with Crippen molar-refractivity contribution in [3.05, 3.63) is 46.5 Å². The minimum Gasteiger partial charge on any atom is -0.301 e. The molecule has 1 aliphatic carbocycles. The largest absolute Gasteiger partial charge is 0.301 e. The number of hydrogen-bond acceptors (Lipinski definition) is 4. The molecule has 1 N–H and O–H groups in total. The first kappa shape index (κ1) is 13.9. The summed E-state index contributed by atoms with van der Waals surface area (Å²) in [7, 11) is 0. The van der Waals surface area contributed by atoms with Crippen LogP contribution in [0.1, 0.15) is 47.3 Å². The number of aryl methyl sites for hydroxylation is 1. The fraction of sp³-hybridized carbons (Fsp3) is 0.312. The summed E-state index contributed by atoms with van der Waals surface area (Å²) in [6.45, 7) is 1.47. The van der Waals surface area contributed by atoms with E-state index in [1.165, 1.54) is 23.8 Å². The second-order valence-corrected chi connectivity index (χ2v) is 6.09. The molecule has 1 aromatic heterocycles. The zero-order chi connectivity index (χ0) is 14.8. The number of aromatic nitrogens is 1. The number of amides is 1. The van der Waals surface area contributed by atoms with Gasteiger partial charge in [-0.25, -0.2) is 4.98 Å². The highest BCUT2D eigenvalue weighted by molar-refractivity contribution is 7.14. The van der Waals surface area contributed by atoms with Crippen LogP contribution < -0.4 is 5.32 Å². The maximum atomic E-state index is 12.5. The number of fused-ring (bicyclic) bond motifs is 1. The van der Waals surface area contributed by atoms with Crippen LogP contribution in [0.4, 0.5) is 5.13 Å². The predicted molar refractivity (Wildman–Crippen MR) is 82.9 cm³/mol. The van der Waals surface area contributed by atoms with Gasteiger partial charge in [-0.2, -0.15) is 0 Å². The van der Waals surface area contributed by atoms with Crippen molar-refractivity contribution in [1.29, 1.82) is 0 Å². The van der Waals surface area contributed by atoms with Crippen molar-refractivity contribution in [2.75, 3.05) is 5.32 Å². The van der Waals surface area contributed by atoms with Crippen molar-refractivity contribution in [3.63, 3.8) is 0 Å². The number of carbonyl (C=O) groups excluding carboxylic acids is 2. The van der Waals surface area contributed by atoms with E-state index in [0.29, 0.717) is 10.8 Å². The van der Waals surface area contributed by atoms with Crippen LogP contribution in [-0.4, -0.2) is 16.7 Å². The third-order valence-electron chi connectivity index (χ3n) is 3.78. The summed E-state index contributed by atoms with van der Waals surface area (Å²) < 4.78 is 0. The lowest BCUT2D eigenvalue weighted by Crippen LogP contribution is -2.24. The van der Waals surface area contributed by atoms with Crippen molar-refractivity contribution < 1.29 is 9.59 Å². The Morgan fingerprint density at radius 2 is 2.14 bits per heavy atom. The number of carbonyl (C=O) groups is 2. The monoisotopic (exact) mass is 300 g/mol. The minimum atomic E-state index is -0.125. The molecule has 21 heavy (non-hydrogen) atoms. The minimum absolute atomic E-state index is 0.0356. The molecule has 0 bridgehead atoms. The number of ketones is 1. The zero-order valence-corrected chi connectivity index (χ0v) is 12.6. The van der Waals surface area contributed by atoms with E-state index < -0.39 is 0 Å². The van der Waals surface area contributed by atoms with Crippen molar-refractivity contribution in [2.45, 2.75) is 32.1 Å². The molecule has 2 aromatic rings. The van der Waals surface area contributed by atoms with E-state index >= 15 is 0 Å². The van der Waals surface area contributed by atoms with E-state index in [2.05, 4.69) is 16.4 Å². The number of benzene rings is 1. The number of thiazole rings is 1. The second-order valence-electron chi connectivity index (χ2n) is 5.23. The first-order chi connectivity index (χ1) is 10.1. The van der Waals surface area contributed by atoms with Crippen molar-refractivity contribution in [2.24, 2.45) is 0 Å². The highest BCUT2D eigenvalue weighted by Gasteiger charge is 2.26. The fourth-order valence-electron chi connectivity index (χ4n) is 2.71. The Morgan fingerprint density at radius 3 is 2.90 bits per heavy atom. The molecule has 0 fully saturated rings. The Hall–Kier alpha value is -2.01. The molecule has 1 unspecified atom stereocenters. The van der Waals surface area contributed by atoms with Gasteiger partial charge in [0.1, 0.15) is 5.69 Å². The van der Waals surface area contributed by atoms with Gasteiger partial charge in [0.15, 0.2) is 10.9 Å². The molecule has 0 aliphatic heterocycles. The van der Waals surface area contributed by atoms with E-state index in [0.717, 1.165) is 24.8 Å². The van der Waals surface area contributed by atoms with Crippen molar-refractivity contribution >= 4 is 28.2 Å². The summed E-state index contributed by atoms with van der Waals surface area (Å²) >= 11 is 1.29. The molecule has 3 rings (SSSR count). The molecule has 0 saturated heterocycles. The van der Waals surface area contributed by atoms with Gasteiger partial charge in [-0.05, 0) is 30.4 Å². The normalized spacial score (nSPS) is 17.1. The Bertz CT molecular complexity index is 693. The quantitative estimate of drug-likeness (QED) is 0.884. The molecule has 5 heteroatoms. The maximum Gasteiger partial charge on any atom is 0.233 e. The Balaban J connectivity index is 1.78.